The molecule has 3 rings (SSSR count). The molecular formula is C15H13NO3S. The van der Waals surface area contributed by atoms with Gasteiger partial charge in [0.1, 0.15) is 5.75 Å². The molecule has 2 aromatic carbocycles. The Labute approximate surface area is 120 Å². The van der Waals surface area contributed by atoms with E-state index in [2.05, 4.69) is 5.32 Å². The van der Waals surface area contributed by atoms with E-state index in [1.807, 2.05) is 42.5 Å². The summed E-state index contributed by atoms with van der Waals surface area (Å²) in [6.07, 6.45) is 0.523. The van der Waals surface area contributed by atoms with Crippen molar-refractivity contribution in [3.63, 3.8) is 0 Å². The lowest BCUT2D eigenvalue weighted by atomic mass is 10.1. The smallest absolute Gasteiger partial charge is 0.286 e. The number of thioether (sulfide) groups is 1. The van der Waals surface area contributed by atoms with Crippen LogP contribution in [0.1, 0.15) is 6.42 Å². The van der Waals surface area contributed by atoms with Gasteiger partial charge in [-0.2, -0.15) is 0 Å². The average molecular weight is 287 g/mol. The fourth-order valence-corrected chi connectivity index (χ4v) is 2.92. The fraction of sp³-hybridized carbons (Fsp3) is 0.200. The SMILES string of the molecule is O=C1NC(=O)C(CCOc2ccc3ccccc3c2)S1. The van der Waals surface area contributed by atoms with Crippen molar-refractivity contribution >= 4 is 33.7 Å². The van der Waals surface area contributed by atoms with Gasteiger partial charge in [-0.05, 0) is 22.9 Å². The van der Waals surface area contributed by atoms with Crippen molar-refractivity contribution in [2.24, 2.45) is 0 Å². The quantitative estimate of drug-likeness (QED) is 0.939. The van der Waals surface area contributed by atoms with Gasteiger partial charge < -0.3 is 4.74 Å². The largest absolute Gasteiger partial charge is 0.494 e. The highest BCUT2D eigenvalue weighted by Gasteiger charge is 2.31. The van der Waals surface area contributed by atoms with Crippen molar-refractivity contribution in [1.82, 2.24) is 5.32 Å². The van der Waals surface area contributed by atoms with E-state index in [1.165, 1.54) is 0 Å². The zero-order valence-electron chi connectivity index (χ0n) is 10.7. The van der Waals surface area contributed by atoms with E-state index in [4.69, 9.17) is 4.74 Å². The lowest BCUT2D eigenvalue weighted by Gasteiger charge is -2.09. The highest BCUT2D eigenvalue weighted by Crippen LogP contribution is 2.24. The number of fused-ring (bicyclic) bond motifs is 1. The zero-order valence-corrected chi connectivity index (χ0v) is 11.5. The summed E-state index contributed by atoms with van der Waals surface area (Å²) in [6, 6.07) is 13.9. The van der Waals surface area contributed by atoms with E-state index in [0.29, 0.717) is 13.0 Å². The van der Waals surface area contributed by atoms with Gasteiger partial charge in [-0.1, -0.05) is 42.1 Å². The first-order valence-electron chi connectivity index (χ1n) is 6.35. The van der Waals surface area contributed by atoms with Crippen LogP contribution in [0.2, 0.25) is 0 Å². The van der Waals surface area contributed by atoms with E-state index in [0.717, 1.165) is 28.3 Å². The minimum atomic E-state index is -0.331. The van der Waals surface area contributed by atoms with Gasteiger partial charge in [0, 0.05) is 6.42 Å². The third-order valence-corrected chi connectivity index (χ3v) is 4.19. The second-order valence-corrected chi connectivity index (χ2v) is 5.70. The predicted molar refractivity (Wildman–Crippen MR) is 79.0 cm³/mol. The van der Waals surface area contributed by atoms with Gasteiger partial charge in [0.05, 0.1) is 11.9 Å². The highest BCUT2D eigenvalue weighted by molar-refractivity contribution is 8.15. The van der Waals surface area contributed by atoms with Gasteiger partial charge in [-0.15, -0.1) is 0 Å². The van der Waals surface area contributed by atoms with Crippen LogP contribution in [0.25, 0.3) is 10.8 Å². The van der Waals surface area contributed by atoms with Crippen LogP contribution < -0.4 is 10.1 Å². The molecule has 1 N–H and O–H groups in total. The number of carbonyl (C=O) groups is 2. The van der Waals surface area contributed by atoms with Crippen molar-refractivity contribution in [3.05, 3.63) is 42.5 Å². The molecule has 4 nitrogen and oxygen atoms in total. The maximum Gasteiger partial charge on any atom is 0.286 e. The molecule has 0 aromatic heterocycles. The number of carbonyl (C=O) groups excluding carboxylic acids is 2. The van der Waals surface area contributed by atoms with Crippen molar-refractivity contribution < 1.29 is 14.3 Å². The van der Waals surface area contributed by atoms with Crippen molar-refractivity contribution in [3.8, 4) is 5.75 Å². The first-order chi connectivity index (χ1) is 9.72. The van der Waals surface area contributed by atoms with Crippen LogP contribution in [0.3, 0.4) is 0 Å². The summed E-state index contributed by atoms with van der Waals surface area (Å²) in [6.45, 7) is 0.413. The summed E-state index contributed by atoms with van der Waals surface area (Å²) in [5.74, 6) is 0.556. The lowest BCUT2D eigenvalue weighted by Crippen LogP contribution is -2.25. The molecule has 1 atom stereocenters. The molecule has 2 amide bonds. The van der Waals surface area contributed by atoms with E-state index in [1.54, 1.807) is 0 Å². The lowest BCUT2D eigenvalue weighted by molar-refractivity contribution is -0.119. The summed E-state index contributed by atoms with van der Waals surface area (Å²) >= 11 is 1.03. The Morgan fingerprint density at radius 3 is 2.65 bits per heavy atom. The number of ether oxygens (including phenoxy) is 1. The molecule has 1 saturated heterocycles. The number of benzene rings is 2. The number of rotatable bonds is 4. The van der Waals surface area contributed by atoms with Crippen LogP contribution >= 0.6 is 11.8 Å². The molecule has 102 valence electrons. The summed E-state index contributed by atoms with van der Waals surface area (Å²) < 4.78 is 5.65. The van der Waals surface area contributed by atoms with Crippen molar-refractivity contribution in [2.45, 2.75) is 11.7 Å². The molecule has 0 bridgehead atoms. The second kappa shape index (κ2) is 5.54. The number of nitrogens with one attached hydrogen (secondary N) is 1. The molecule has 1 unspecified atom stereocenters. The fourth-order valence-electron chi connectivity index (χ4n) is 2.12. The van der Waals surface area contributed by atoms with Gasteiger partial charge >= 0.3 is 0 Å². The maximum absolute atomic E-state index is 11.4. The van der Waals surface area contributed by atoms with Gasteiger partial charge in [-0.25, -0.2) is 0 Å². The normalized spacial score (nSPS) is 18.3. The summed E-state index contributed by atoms with van der Waals surface area (Å²) in [5, 5.41) is 3.95. The highest BCUT2D eigenvalue weighted by atomic mass is 32.2. The molecule has 0 spiro atoms. The van der Waals surface area contributed by atoms with E-state index >= 15 is 0 Å². The molecule has 5 heteroatoms. The third kappa shape index (κ3) is 2.77. The molecule has 2 aromatic rings. The minimum Gasteiger partial charge on any atom is -0.494 e. The standard InChI is InChI=1S/C15H13NO3S/c17-14-13(20-15(18)16-14)7-8-19-12-6-5-10-3-1-2-4-11(10)9-12/h1-6,9,13H,7-8H2,(H,16,17,18). The number of hydrogen-bond donors (Lipinski definition) is 1. The molecule has 20 heavy (non-hydrogen) atoms. The summed E-state index contributed by atoms with van der Waals surface area (Å²) in [4.78, 5) is 22.4. The van der Waals surface area contributed by atoms with Gasteiger partial charge in [0.15, 0.2) is 0 Å². The van der Waals surface area contributed by atoms with E-state index in [-0.39, 0.29) is 16.4 Å². The first kappa shape index (κ1) is 13.0. The van der Waals surface area contributed by atoms with Crippen LogP contribution in [0.4, 0.5) is 4.79 Å². The zero-order chi connectivity index (χ0) is 13.9. The van der Waals surface area contributed by atoms with Gasteiger partial charge in [0.2, 0.25) is 5.91 Å². The summed E-state index contributed by atoms with van der Waals surface area (Å²) in [5.41, 5.74) is 0. The van der Waals surface area contributed by atoms with Crippen LogP contribution in [-0.2, 0) is 4.79 Å². The van der Waals surface area contributed by atoms with Crippen LogP contribution in [-0.4, -0.2) is 23.0 Å². The molecular weight excluding hydrogens is 274 g/mol. The van der Waals surface area contributed by atoms with Crippen molar-refractivity contribution in [2.75, 3.05) is 6.61 Å². The third-order valence-electron chi connectivity index (χ3n) is 3.14. The minimum absolute atomic E-state index is 0.220. The number of amides is 2. The average Bonchev–Trinajstić information content (AvgIpc) is 2.77. The van der Waals surface area contributed by atoms with E-state index < -0.39 is 0 Å². The first-order valence-corrected chi connectivity index (χ1v) is 7.23. The molecule has 1 aliphatic rings. The predicted octanol–water partition coefficient (Wildman–Crippen LogP) is 2.96. The molecule has 1 heterocycles. The number of hydrogen-bond acceptors (Lipinski definition) is 4. The molecule has 0 radical (unpaired) electrons. The monoisotopic (exact) mass is 287 g/mol. The van der Waals surface area contributed by atoms with Crippen LogP contribution in [0.5, 0.6) is 5.75 Å². The topological polar surface area (TPSA) is 55.4 Å². The Balaban J connectivity index is 1.60. The van der Waals surface area contributed by atoms with Crippen LogP contribution in [0.15, 0.2) is 42.5 Å². The molecule has 1 fully saturated rings. The maximum atomic E-state index is 11.4. The Hall–Kier alpha value is -2.01. The Kier molecular flexibility index (Phi) is 3.60. The Morgan fingerprint density at radius 1 is 1.10 bits per heavy atom. The van der Waals surface area contributed by atoms with Crippen molar-refractivity contribution in [1.29, 1.82) is 0 Å². The van der Waals surface area contributed by atoms with Gasteiger partial charge in [0.25, 0.3) is 5.24 Å². The second-order valence-electron chi connectivity index (χ2n) is 4.53. The Morgan fingerprint density at radius 2 is 1.90 bits per heavy atom. The molecule has 1 aliphatic heterocycles. The number of imide groups is 1. The summed E-state index contributed by atoms with van der Waals surface area (Å²) in [7, 11) is 0. The molecule has 0 saturated carbocycles. The Bertz CT molecular complexity index is 671. The molecule has 0 aliphatic carbocycles. The van der Waals surface area contributed by atoms with E-state index in [9.17, 15) is 9.59 Å². The van der Waals surface area contributed by atoms with Gasteiger partial charge in [-0.3, -0.25) is 14.9 Å². The van der Waals surface area contributed by atoms with Crippen LogP contribution in [0, 0.1) is 0 Å².